The topological polar surface area (TPSA) is 382 Å². The third-order valence-corrected chi connectivity index (χ3v) is 10.4. The molecule has 1 aromatic rings. The summed E-state index contributed by atoms with van der Waals surface area (Å²) in [6, 6.07) is -2.31. The van der Waals surface area contributed by atoms with Gasteiger partial charge in [0.15, 0.2) is 0 Å². The minimum absolute atomic E-state index is 0.0245. The fourth-order valence-corrected chi connectivity index (χ4v) is 6.69. The van der Waals surface area contributed by atoms with E-state index in [0.717, 1.165) is 0 Å². The average Bonchev–Trinajstić information content (AvgIpc) is 3.23. The molecule has 1 aliphatic heterocycles. The van der Waals surface area contributed by atoms with E-state index in [1.165, 1.54) is 12.1 Å². The van der Waals surface area contributed by atoms with Crippen LogP contribution in [0.2, 0.25) is 0 Å². The maximum atomic E-state index is 13.9. The predicted molar refractivity (Wildman–Crippen MR) is 233 cm³/mol. The van der Waals surface area contributed by atoms with Crippen molar-refractivity contribution in [3.63, 3.8) is 0 Å². The van der Waals surface area contributed by atoms with Crippen molar-refractivity contribution in [2.75, 3.05) is 13.1 Å². The number of amides is 11. The minimum Gasteiger partial charge on any atom is -0.508 e. The molecule has 0 bridgehead atoms. The first-order valence-electron chi connectivity index (χ1n) is 21.6. The number of rotatable bonds is 18. The Hall–Kier alpha value is -6.81. The van der Waals surface area contributed by atoms with Gasteiger partial charge in [0.2, 0.25) is 65.0 Å². The highest BCUT2D eigenvalue weighted by Gasteiger charge is 2.35. The van der Waals surface area contributed by atoms with Gasteiger partial charge in [0, 0.05) is 19.3 Å². The van der Waals surface area contributed by atoms with Gasteiger partial charge in [0.05, 0.1) is 19.5 Å². The first kappa shape index (κ1) is 54.3. The molecule has 23 nitrogen and oxygen atoms in total. The Labute approximate surface area is 377 Å². The lowest BCUT2D eigenvalue weighted by atomic mass is 9.96. The Kier molecular flexibility index (Phi) is 22.9. The molecule has 15 N–H and O–H groups in total. The molecule has 1 aliphatic rings. The second kappa shape index (κ2) is 27.4. The van der Waals surface area contributed by atoms with E-state index in [-0.39, 0.29) is 56.6 Å². The van der Waals surface area contributed by atoms with Gasteiger partial charge in [0.25, 0.3) is 0 Å². The minimum atomic E-state index is -1.72. The summed E-state index contributed by atoms with van der Waals surface area (Å²) in [5.74, 6) is -9.88. The fraction of sp³-hybridized carbons (Fsp3) is 0.595. The Morgan fingerprint density at radius 3 is 1.95 bits per heavy atom. The van der Waals surface area contributed by atoms with Gasteiger partial charge in [-0.15, -0.1) is 0 Å². The number of benzene rings is 1. The van der Waals surface area contributed by atoms with Crippen molar-refractivity contribution in [3.05, 3.63) is 29.8 Å². The van der Waals surface area contributed by atoms with Crippen LogP contribution in [0, 0.1) is 11.8 Å². The van der Waals surface area contributed by atoms with Crippen LogP contribution in [0.1, 0.15) is 97.5 Å². The van der Waals surface area contributed by atoms with E-state index in [9.17, 15) is 57.8 Å². The van der Waals surface area contributed by atoms with Crippen molar-refractivity contribution in [2.45, 2.75) is 135 Å². The van der Waals surface area contributed by atoms with Crippen molar-refractivity contribution in [2.24, 2.45) is 29.0 Å². The molecule has 11 amide bonds. The summed E-state index contributed by atoms with van der Waals surface area (Å²) in [6.45, 7) is 5.87. The van der Waals surface area contributed by atoms with E-state index in [1.54, 1.807) is 39.8 Å². The van der Waals surface area contributed by atoms with Gasteiger partial charge >= 0.3 is 0 Å². The van der Waals surface area contributed by atoms with Gasteiger partial charge in [0.1, 0.15) is 42.0 Å². The molecule has 360 valence electrons. The van der Waals surface area contributed by atoms with Gasteiger partial charge < -0.3 is 64.8 Å². The third-order valence-electron chi connectivity index (χ3n) is 10.4. The molecule has 0 spiro atoms. The first-order valence-corrected chi connectivity index (χ1v) is 21.6. The maximum Gasteiger partial charge on any atom is 0.243 e. The zero-order valence-electron chi connectivity index (χ0n) is 37.3. The fourth-order valence-electron chi connectivity index (χ4n) is 6.69. The molecule has 0 radical (unpaired) electrons. The van der Waals surface area contributed by atoms with Crippen molar-refractivity contribution in [3.8, 4) is 5.75 Å². The summed E-state index contributed by atoms with van der Waals surface area (Å²) < 4.78 is 0. The van der Waals surface area contributed by atoms with Crippen molar-refractivity contribution in [1.82, 2.24) is 42.5 Å². The molecule has 1 aromatic carbocycles. The molecule has 7 atom stereocenters. The maximum absolute atomic E-state index is 13.9. The van der Waals surface area contributed by atoms with Crippen molar-refractivity contribution in [1.29, 1.82) is 0 Å². The summed E-state index contributed by atoms with van der Waals surface area (Å²) in [5.41, 5.74) is 16.5. The van der Waals surface area contributed by atoms with Crippen LogP contribution in [0.25, 0.3) is 0 Å². The van der Waals surface area contributed by atoms with Crippen LogP contribution in [-0.4, -0.2) is 119 Å². The number of carbonyl (C=O) groups is 11. The Morgan fingerprint density at radius 1 is 0.723 bits per heavy atom. The molecular formula is C42H65N11O12. The number of phenolic OH excluding ortho intramolecular Hbond substituents is 1. The number of nitrogens with two attached hydrogens (primary N) is 3. The van der Waals surface area contributed by atoms with Crippen molar-refractivity contribution >= 4 is 65.0 Å². The van der Waals surface area contributed by atoms with Crippen LogP contribution < -0.4 is 59.7 Å². The van der Waals surface area contributed by atoms with Crippen molar-refractivity contribution < 1.29 is 57.8 Å². The molecule has 0 unspecified atom stereocenters. The third kappa shape index (κ3) is 20.5. The largest absolute Gasteiger partial charge is 0.508 e. The normalized spacial score (nSPS) is 21.4. The van der Waals surface area contributed by atoms with E-state index < -0.39 is 133 Å². The van der Waals surface area contributed by atoms with Crippen LogP contribution in [0.3, 0.4) is 0 Å². The summed E-state index contributed by atoms with van der Waals surface area (Å²) in [7, 11) is 0. The smallest absolute Gasteiger partial charge is 0.243 e. The molecule has 2 rings (SSSR count). The van der Waals surface area contributed by atoms with Crippen LogP contribution >= 0.6 is 0 Å². The van der Waals surface area contributed by atoms with E-state index in [4.69, 9.17) is 17.2 Å². The standard InChI is InChI=1S/C42H65N11O12/c1-5-23(4)36-42(65)51-27(15-16-31(43)55)39(62)52-30(19-32(44)56)40(63)50-26(37(60)47-21-35(59)49-28(17-22(2)3)38(61)46-20-33(45)57)9-7-6-8-10-34(58)48-29(41(64)53-36)18-24-11-13-25(54)14-12-24/h11-14,22-23,26-30,36,54H,5-10,15-21H2,1-4H3,(H2,43,55)(H2,44,56)(H2,45,57)(H,46,61)(H,47,60)(H,48,58)(H,49,59)(H,50,63)(H,51,65)(H,52,62)(H,53,64)/t23-,26-,27-,28-,29-,30-,36-/m0/s1. The number of hydrogen-bond acceptors (Lipinski definition) is 12. The Bertz CT molecular complexity index is 1880. The Balaban J connectivity index is 2.50. The molecule has 0 aliphatic carbocycles. The highest BCUT2D eigenvalue weighted by molar-refractivity contribution is 5.98. The highest BCUT2D eigenvalue weighted by atomic mass is 16.3. The van der Waals surface area contributed by atoms with Crippen LogP contribution in [-0.2, 0) is 59.2 Å². The molecule has 1 saturated heterocycles. The quantitative estimate of drug-likeness (QED) is 0.0692. The summed E-state index contributed by atoms with van der Waals surface area (Å²) in [5, 5.41) is 29.8. The summed E-state index contributed by atoms with van der Waals surface area (Å²) in [6.07, 6.45) is -0.434. The molecular weight excluding hydrogens is 851 g/mol. The van der Waals surface area contributed by atoms with Gasteiger partial charge in [-0.1, -0.05) is 59.1 Å². The van der Waals surface area contributed by atoms with E-state index in [2.05, 4.69) is 42.5 Å². The number of phenols is 1. The van der Waals surface area contributed by atoms with Gasteiger partial charge in [-0.25, -0.2) is 0 Å². The lowest BCUT2D eigenvalue weighted by Crippen LogP contribution is -2.60. The number of primary amides is 3. The first-order chi connectivity index (χ1) is 30.6. The van der Waals surface area contributed by atoms with Crippen LogP contribution in [0.4, 0.5) is 0 Å². The summed E-state index contributed by atoms with van der Waals surface area (Å²) >= 11 is 0. The van der Waals surface area contributed by atoms with Crippen LogP contribution in [0.15, 0.2) is 24.3 Å². The monoisotopic (exact) mass is 915 g/mol. The number of hydrogen-bond donors (Lipinski definition) is 12. The van der Waals surface area contributed by atoms with Gasteiger partial charge in [-0.2, -0.15) is 0 Å². The molecule has 0 saturated carbocycles. The zero-order valence-corrected chi connectivity index (χ0v) is 37.3. The average molecular weight is 916 g/mol. The van der Waals surface area contributed by atoms with E-state index >= 15 is 0 Å². The number of aromatic hydroxyl groups is 1. The molecule has 65 heavy (non-hydrogen) atoms. The number of carbonyl (C=O) groups excluding carboxylic acids is 11. The lowest BCUT2D eigenvalue weighted by Gasteiger charge is -2.29. The van der Waals surface area contributed by atoms with E-state index in [0.29, 0.717) is 18.4 Å². The summed E-state index contributed by atoms with van der Waals surface area (Å²) in [4.78, 5) is 143. The number of nitrogens with one attached hydrogen (secondary N) is 8. The molecule has 23 heteroatoms. The zero-order chi connectivity index (χ0) is 48.8. The molecule has 1 fully saturated rings. The molecule has 1 heterocycles. The SMILES string of the molecule is CC[C@H](C)[C@@H]1NC(=O)[C@H](Cc2ccc(O)cc2)NC(=O)CCCCC[C@@H](C(=O)NCC(=O)N[C@@H](CC(C)C)C(=O)NCC(N)=O)NC(=O)[C@H](CC(N)=O)NC(=O)[C@H](CCC(N)=O)NC1=O. The second-order valence-electron chi connectivity index (χ2n) is 16.5. The highest BCUT2D eigenvalue weighted by Crippen LogP contribution is 2.15. The molecule has 0 aromatic heterocycles. The van der Waals surface area contributed by atoms with E-state index in [1.807, 2.05) is 0 Å². The van der Waals surface area contributed by atoms with Crippen LogP contribution in [0.5, 0.6) is 5.75 Å². The van der Waals surface area contributed by atoms with Gasteiger partial charge in [-0.3, -0.25) is 52.7 Å². The lowest BCUT2D eigenvalue weighted by molar-refractivity contribution is -0.136. The predicted octanol–water partition coefficient (Wildman–Crippen LogP) is -3.24. The Morgan fingerprint density at radius 2 is 1.35 bits per heavy atom. The second-order valence-corrected chi connectivity index (χ2v) is 16.5. The van der Waals surface area contributed by atoms with Gasteiger partial charge in [-0.05, 0) is 55.2 Å².